The van der Waals surface area contributed by atoms with Gasteiger partial charge in [0, 0.05) is 7.05 Å². The van der Waals surface area contributed by atoms with Gasteiger partial charge in [-0.05, 0) is 21.8 Å². The van der Waals surface area contributed by atoms with E-state index in [2.05, 4.69) is 21.0 Å². The van der Waals surface area contributed by atoms with Crippen molar-refractivity contribution in [2.45, 2.75) is 19.8 Å². The summed E-state index contributed by atoms with van der Waals surface area (Å²) in [5, 5.41) is 4.25. The molecule has 0 radical (unpaired) electrons. The molecule has 0 spiro atoms. The number of hydrogen-bond donors (Lipinski definition) is 0. The van der Waals surface area contributed by atoms with Gasteiger partial charge in [0.15, 0.2) is 0 Å². The summed E-state index contributed by atoms with van der Waals surface area (Å²) in [4.78, 5) is 11.5. The number of halogens is 1. The SMILES string of the molecule is COC(=O)c1c(C(C)C)nn(C)c1Br. The van der Waals surface area contributed by atoms with Gasteiger partial charge in [0.25, 0.3) is 0 Å². The van der Waals surface area contributed by atoms with Crippen LogP contribution in [-0.2, 0) is 11.8 Å². The zero-order chi connectivity index (χ0) is 10.9. The van der Waals surface area contributed by atoms with Crippen LogP contribution in [0.2, 0.25) is 0 Å². The Labute approximate surface area is 91.4 Å². The highest BCUT2D eigenvalue weighted by atomic mass is 79.9. The molecule has 0 amide bonds. The van der Waals surface area contributed by atoms with E-state index in [0.29, 0.717) is 10.2 Å². The third-order valence-electron chi connectivity index (χ3n) is 1.94. The highest BCUT2D eigenvalue weighted by Gasteiger charge is 2.23. The minimum absolute atomic E-state index is 0.196. The molecule has 1 aromatic rings. The molecular weight excluding hydrogens is 248 g/mol. The van der Waals surface area contributed by atoms with E-state index >= 15 is 0 Å². The molecule has 1 aromatic heterocycles. The molecule has 4 nitrogen and oxygen atoms in total. The van der Waals surface area contributed by atoms with Crippen LogP contribution >= 0.6 is 15.9 Å². The maximum Gasteiger partial charge on any atom is 0.342 e. The molecular formula is C9H13BrN2O2. The Kier molecular flexibility index (Phi) is 3.31. The van der Waals surface area contributed by atoms with E-state index in [-0.39, 0.29) is 11.9 Å². The van der Waals surface area contributed by atoms with E-state index in [0.717, 1.165) is 5.69 Å². The van der Waals surface area contributed by atoms with Gasteiger partial charge in [-0.15, -0.1) is 0 Å². The summed E-state index contributed by atoms with van der Waals surface area (Å²) in [6.45, 7) is 3.97. The van der Waals surface area contributed by atoms with Crippen molar-refractivity contribution in [3.05, 3.63) is 15.9 Å². The van der Waals surface area contributed by atoms with E-state index in [1.54, 1.807) is 11.7 Å². The highest BCUT2D eigenvalue weighted by molar-refractivity contribution is 9.10. The fraction of sp³-hybridized carbons (Fsp3) is 0.556. The van der Waals surface area contributed by atoms with Gasteiger partial charge < -0.3 is 4.74 Å². The van der Waals surface area contributed by atoms with Crippen molar-refractivity contribution < 1.29 is 9.53 Å². The number of rotatable bonds is 2. The van der Waals surface area contributed by atoms with Crippen molar-refractivity contribution in [1.29, 1.82) is 0 Å². The van der Waals surface area contributed by atoms with Crippen LogP contribution < -0.4 is 0 Å². The van der Waals surface area contributed by atoms with Crippen LogP contribution in [0.25, 0.3) is 0 Å². The zero-order valence-corrected chi connectivity index (χ0v) is 10.3. The van der Waals surface area contributed by atoms with E-state index in [4.69, 9.17) is 4.74 Å². The molecule has 0 aliphatic rings. The summed E-state index contributed by atoms with van der Waals surface area (Å²) >= 11 is 3.31. The number of aryl methyl sites for hydroxylation is 1. The fourth-order valence-electron chi connectivity index (χ4n) is 1.22. The van der Waals surface area contributed by atoms with Crippen LogP contribution in [-0.4, -0.2) is 22.9 Å². The number of methoxy groups -OCH3 is 1. The van der Waals surface area contributed by atoms with Crippen molar-refractivity contribution in [3.8, 4) is 0 Å². The molecule has 0 saturated carbocycles. The predicted octanol–water partition coefficient (Wildman–Crippen LogP) is 2.09. The number of hydrogen-bond acceptors (Lipinski definition) is 3. The van der Waals surface area contributed by atoms with Crippen molar-refractivity contribution in [2.24, 2.45) is 7.05 Å². The van der Waals surface area contributed by atoms with Crippen molar-refractivity contribution in [2.75, 3.05) is 7.11 Å². The fourth-order valence-corrected chi connectivity index (χ4v) is 1.66. The maximum atomic E-state index is 11.5. The summed E-state index contributed by atoms with van der Waals surface area (Å²) in [6, 6.07) is 0. The second-order valence-corrected chi connectivity index (χ2v) is 4.07. The number of carbonyl (C=O) groups is 1. The summed E-state index contributed by atoms with van der Waals surface area (Å²) in [7, 11) is 3.15. The second-order valence-electron chi connectivity index (χ2n) is 3.32. The molecule has 0 fully saturated rings. The minimum Gasteiger partial charge on any atom is -0.465 e. The molecule has 0 aliphatic carbocycles. The lowest BCUT2D eigenvalue weighted by molar-refractivity contribution is 0.0598. The first-order valence-electron chi connectivity index (χ1n) is 4.29. The van der Waals surface area contributed by atoms with Gasteiger partial charge in [-0.1, -0.05) is 13.8 Å². The van der Waals surface area contributed by atoms with Gasteiger partial charge in [0.2, 0.25) is 0 Å². The molecule has 5 heteroatoms. The first-order valence-corrected chi connectivity index (χ1v) is 5.09. The Morgan fingerprint density at radius 2 is 2.14 bits per heavy atom. The van der Waals surface area contributed by atoms with Gasteiger partial charge in [-0.2, -0.15) is 5.10 Å². The Morgan fingerprint density at radius 1 is 1.57 bits per heavy atom. The minimum atomic E-state index is -0.353. The molecule has 0 unspecified atom stereocenters. The van der Waals surface area contributed by atoms with Crippen molar-refractivity contribution >= 4 is 21.9 Å². The number of nitrogens with zero attached hydrogens (tertiary/aromatic N) is 2. The van der Waals surface area contributed by atoms with Crippen LogP contribution in [0, 0.1) is 0 Å². The molecule has 0 atom stereocenters. The van der Waals surface area contributed by atoms with E-state index in [1.165, 1.54) is 7.11 Å². The topological polar surface area (TPSA) is 44.1 Å². The Morgan fingerprint density at radius 3 is 2.57 bits per heavy atom. The number of carbonyl (C=O) groups excluding carboxylic acids is 1. The maximum absolute atomic E-state index is 11.5. The summed E-state index contributed by atoms with van der Waals surface area (Å²) in [5.41, 5.74) is 1.27. The molecule has 1 heterocycles. The third kappa shape index (κ3) is 1.82. The predicted molar refractivity (Wildman–Crippen MR) is 56.3 cm³/mol. The third-order valence-corrected chi connectivity index (χ3v) is 2.85. The largest absolute Gasteiger partial charge is 0.465 e. The van der Waals surface area contributed by atoms with Crippen LogP contribution in [0.1, 0.15) is 35.8 Å². The van der Waals surface area contributed by atoms with E-state index in [9.17, 15) is 4.79 Å². The molecule has 14 heavy (non-hydrogen) atoms. The number of aromatic nitrogens is 2. The zero-order valence-electron chi connectivity index (χ0n) is 8.67. The molecule has 1 rings (SSSR count). The number of esters is 1. The van der Waals surface area contributed by atoms with Crippen molar-refractivity contribution in [3.63, 3.8) is 0 Å². The number of ether oxygens (including phenoxy) is 1. The summed E-state index contributed by atoms with van der Waals surface area (Å²) in [6.07, 6.45) is 0. The molecule has 0 bridgehead atoms. The van der Waals surface area contributed by atoms with E-state index < -0.39 is 0 Å². The van der Waals surface area contributed by atoms with Gasteiger partial charge in [0.1, 0.15) is 10.2 Å². The van der Waals surface area contributed by atoms with E-state index in [1.807, 2.05) is 13.8 Å². The first-order chi connectivity index (χ1) is 6.49. The quantitative estimate of drug-likeness (QED) is 0.766. The smallest absolute Gasteiger partial charge is 0.342 e. The lowest BCUT2D eigenvalue weighted by Crippen LogP contribution is -2.05. The Bertz CT molecular complexity index is 358. The van der Waals surface area contributed by atoms with Gasteiger partial charge >= 0.3 is 5.97 Å². The second kappa shape index (κ2) is 4.13. The lowest BCUT2D eigenvalue weighted by atomic mass is 10.1. The Hall–Kier alpha value is -0.840. The van der Waals surface area contributed by atoms with Crippen LogP contribution in [0.15, 0.2) is 4.60 Å². The van der Waals surface area contributed by atoms with Crippen LogP contribution in [0.5, 0.6) is 0 Å². The lowest BCUT2D eigenvalue weighted by Gasteiger charge is -2.03. The highest BCUT2D eigenvalue weighted by Crippen LogP contribution is 2.25. The van der Waals surface area contributed by atoms with Crippen LogP contribution in [0.3, 0.4) is 0 Å². The van der Waals surface area contributed by atoms with Gasteiger partial charge in [-0.25, -0.2) is 4.79 Å². The molecule has 0 saturated heterocycles. The normalized spacial score (nSPS) is 10.7. The van der Waals surface area contributed by atoms with Gasteiger partial charge in [-0.3, -0.25) is 4.68 Å². The average molecular weight is 261 g/mol. The molecule has 78 valence electrons. The Balaban J connectivity index is 3.30. The monoisotopic (exact) mass is 260 g/mol. The van der Waals surface area contributed by atoms with Gasteiger partial charge in [0.05, 0.1) is 12.8 Å². The first kappa shape index (κ1) is 11.2. The molecule has 0 N–H and O–H groups in total. The summed E-state index contributed by atoms with van der Waals surface area (Å²) in [5.74, 6) is -0.157. The van der Waals surface area contributed by atoms with Crippen molar-refractivity contribution in [1.82, 2.24) is 9.78 Å². The average Bonchev–Trinajstić information content (AvgIpc) is 2.43. The molecule has 0 aliphatic heterocycles. The van der Waals surface area contributed by atoms with Crippen LogP contribution in [0.4, 0.5) is 0 Å². The summed E-state index contributed by atoms with van der Waals surface area (Å²) < 4.78 is 6.99. The molecule has 0 aromatic carbocycles. The standard InChI is InChI=1S/C9H13BrN2O2/c1-5(2)7-6(9(13)14-4)8(10)12(3)11-7/h5H,1-4H3.